The molecular weight excluding hydrogens is 1470 g/mol. The van der Waals surface area contributed by atoms with Crippen LogP contribution in [0.5, 0.6) is 46.0 Å². The molecule has 0 aliphatic heterocycles. The van der Waals surface area contributed by atoms with Crippen molar-refractivity contribution >= 4 is 35.7 Å². The average Bonchev–Trinajstić information content (AvgIpc) is 0.888. The molecule has 0 heterocycles. The third kappa shape index (κ3) is 46.3. The van der Waals surface area contributed by atoms with Gasteiger partial charge in [0.25, 0.3) is 0 Å². The molecule has 0 fully saturated rings. The first kappa shape index (κ1) is 100. The fraction of sp³-hybridized carbons (Fsp3) is 0.684. The summed E-state index contributed by atoms with van der Waals surface area (Å²) in [4.78, 5) is 83.8. The summed E-state index contributed by atoms with van der Waals surface area (Å²) in [5.41, 5.74) is 10.0. The standard InChI is InChI=1S/C95H151N3O18/c1-9-17-25-33-59-105-82-48-41-75(71-86(82)109-63-37-29-21-13-5)55-67-113-91(100)53-46-80(94(103)115-69-57-77-43-50-84(107-61-35-27-19-11-3)88(73-77)111-65-39-31-23-15-7)97-90(99)52-45-79(96)93(102)98-81(95(104)116-70-58-78-44-51-85(108-62-36-28-20-12-4)89(74-78)112-66-40-32-24-16-8)47-54-92(101)114-68-56-76-42-49-83(106-60-34-26-18-10-2)87(72-76)110-64-38-30-22-14-6/h41-44,48-51,71-74,79-81H,9-40,45-47,52-70,96H2,1-8H3,(H,97,99)(H,98,102)/t79-,80-,81-/m0/s1. The van der Waals surface area contributed by atoms with Crippen LogP contribution in [0, 0.1) is 0 Å². The Labute approximate surface area is 697 Å². The first-order valence-corrected chi connectivity index (χ1v) is 45.2. The van der Waals surface area contributed by atoms with Gasteiger partial charge < -0.3 is 73.2 Å². The van der Waals surface area contributed by atoms with Gasteiger partial charge in [-0.25, -0.2) is 9.59 Å². The van der Waals surface area contributed by atoms with Crippen molar-refractivity contribution in [3.63, 3.8) is 0 Å². The molecule has 4 aromatic carbocycles. The van der Waals surface area contributed by atoms with Crippen molar-refractivity contribution in [2.24, 2.45) is 5.73 Å². The highest BCUT2D eigenvalue weighted by atomic mass is 16.6. The molecule has 0 saturated heterocycles. The summed E-state index contributed by atoms with van der Waals surface area (Å²) in [6.45, 7) is 21.8. The number of hydrogen-bond donors (Lipinski definition) is 3. The van der Waals surface area contributed by atoms with Crippen LogP contribution in [-0.4, -0.2) is 133 Å². The third-order valence-electron chi connectivity index (χ3n) is 20.2. The van der Waals surface area contributed by atoms with Crippen molar-refractivity contribution in [3.05, 3.63) is 95.1 Å². The fourth-order valence-corrected chi connectivity index (χ4v) is 12.9. The van der Waals surface area contributed by atoms with Crippen LogP contribution in [0.1, 0.15) is 322 Å². The van der Waals surface area contributed by atoms with E-state index in [1.165, 1.54) is 0 Å². The minimum absolute atomic E-state index is 0.0400. The van der Waals surface area contributed by atoms with Gasteiger partial charge in [-0.2, -0.15) is 0 Å². The van der Waals surface area contributed by atoms with Gasteiger partial charge >= 0.3 is 23.9 Å². The van der Waals surface area contributed by atoms with Crippen LogP contribution in [0.2, 0.25) is 0 Å². The van der Waals surface area contributed by atoms with Gasteiger partial charge in [0.2, 0.25) is 11.8 Å². The highest BCUT2D eigenvalue weighted by molar-refractivity contribution is 5.89. The Morgan fingerprint density at radius 3 is 0.776 bits per heavy atom. The molecule has 2 amide bonds. The molecule has 0 radical (unpaired) electrons. The van der Waals surface area contributed by atoms with Crippen LogP contribution >= 0.6 is 0 Å². The smallest absolute Gasteiger partial charge is 0.328 e. The number of carbonyl (C=O) groups excluding carboxylic acids is 6. The van der Waals surface area contributed by atoms with Gasteiger partial charge in [-0.15, -0.1) is 0 Å². The van der Waals surface area contributed by atoms with Crippen molar-refractivity contribution in [2.45, 2.75) is 343 Å². The first-order valence-electron chi connectivity index (χ1n) is 45.2. The Balaban J connectivity index is 1.52. The molecule has 0 saturated carbocycles. The van der Waals surface area contributed by atoms with E-state index >= 15 is 0 Å². The molecule has 21 heteroatoms. The molecule has 0 aromatic heterocycles. The summed E-state index contributed by atoms with van der Waals surface area (Å²) in [7, 11) is 0. The lowest BCUT2D eigenvalue weighted by Crippen LogP contribution is -2.49. The molecule has 21 nitrogen and oxygen atoms in total. The monoisotopic (exact) mass is 1620 g/mol. The lowest BCUT2D eigenvalue weighted by atomic mass is 10.1. The normalized spacial score (nSPS) is 11.9. The number of esters is 4. The van der Waals surface area contributed by atoms with Crippen molar-refractivity contribution in [1.82, 2.24) is 10.6 Å². The van der Waals surface area contributed by atoms with Crippen LogP contribution in [0.3, 0.4) is 0 Å². The molecule has 0 bridgehead atoms. The van der Waals surface area contributed by atoms with E-state index in [4.69, 9.17) is 62.6 Å². The number of ether oxygens (including phenoxy) is 12. The number of rotatable bonds is 74. The highest BCUT2D eigenvalue weighted by Crippen LogP contribution is 2.34. The number of carbonyl (C=O) groups is 6. The van der Waals surface area contributed by atoms with Gasteiger partial charge in [-0.05, 0) is 141 Å². The quantitative estimate of drug-likeness (QED) is 0.0211. The van der Waals surface area contributed by atoms with E-state index in [1.807, 2.05) is 72.8 Å². The Morgan fingerprint density at radius 1 is 0.276 bits per heavy atom. The first-order chi connectivity index (χ1) is 56.7. The summed E-state index contributed by atoms with van der Waals surface area (Å²) < 4.78 is 73.1. The van der Waals surface area contributed by atoms with Crippen LogP contribution < -0.4 is 54.3 Å². The van der Waals surface area contributed by atoms with E-state index in [-0.39, 0.29) is 65.0 Å². The maximum atomic E-state index is 14.2. The number of nitrogens with one attached hydrogen (secondary N) is 2. The van der Waals surface area contributed by atoms with Gasteiger partial charge in [0.05, 0.1) is 85.3 Å². The van der Waals surface area contributed by atoms with Crippen LogP contribution in [0.15, 0.2) is 72.8 Å². The maximum Gasteiger partial charge on any atom is 0.328 e. The zero-order valence-corrected chi connectivity index (χ0v) is 72.8. The molecule has 0 spiro atoms. The van der Waals surface area contributed by atoms with Crippen molar-refractivity contribution in [2.75, 3.05) is 79.3 Å². The third-order valence-corrected chi connectivity index (χ3v) is 20.2. The summed E-state index contributed by atoms with van der Waals surface area (Å²) in [5, 5.41) is 5.46. The number of nitrogens with two attached hydrogens (primary N) is 1. The fourth-order valence-electron chi connectivity index (χ4n) is 12.9. The number of amides is 2. The molecule has 0 unspecified atom stereocenters. The van der Waals surface area contributed by atoms with Crippen LogP contribution in [0.4, 0.5) is 0 Å². The van der Waals surface area contributed by atoms with E-state index in [2.05, 4.69) is 66.0 Å². The summed E-state index contributed by atoms with van der Waals surface area (Å²) in [5.74, 6) is 1.03. The SMILES string of the molecule is CCCCCCOc1ccc(CCOC(=O)CC[C@H](NC(=O)CC[C@H](N)C(=O)N[C@@H](CCC(=O)OCCc2ccc(OCCCCCC)c(OCCCCCC)c2)C(=O)OCCc2ccc(OCCCCCC)c(OCCCCCC)c2)C(=O)OCCc2ccc(OCCCCCC)c(OCCCCCC)c2)cc1OCCCCCC. The maximum absolute atomic E-state index is 14.2. The topological polar surface area (TPSA) is 263 Å². The van der Waals surface area contributed by atoms with E-state index in [0.29, 0.717) is 125 Å². The minimum Gasteiger partial charge on any atom is -0.490 e. The molecule has 4 N–H and O–H groups in total. The molecule has 116 heavy (non-hydrogen) atoms. The summed E-state index contributed by atoms with van der Waals surface area (Å²) >= 11 is 0. The van der Waals surface area contributed by atoms with E-state index in [0.717, 1.165) is 228 Å². The highest BCUT2D eigenvalue weighted by Gasteiger charge is 2.29. The second-order valence-corrected chi connectivity index (χ2v) is 30.6. The number of benzene rings is 4. The predicted molar refractivity (Wildman–Crippen MR) is 461 cm³/mol. The van der Waals surface area contributed by atoms with Gasteiger partial charge in [0.15, 0.2) is 46.0 Å². The lowest BCUT2D eigenvalue weighted by molar-refractivity contribution is -0.150. The molecular formula is C95H151N3O18. The van der Waals surface area contributed by atoms with Gasteiger partial charge in [0, 0.05) is 44.9 Å². The Kier molecular flexibility index (Phi) is 57.2. The molecule has 3 atom stereocenters. The second-order valence-electron chi connectivity index (χ2n) is 30.6. The molecule has 4 rings (SSSR count). The second kappa shape index (κ2) is 66.0. The summed E-state index contributed by atoms with van der Waals surface area (Å²) in [6, 6.07) is 19.0. The molecule has 0 aliphatic carbocycles. The van der Waals surface area contributed by atoms with E-state index in [9.17, 15) is 28.8 Å². The van der Waals surface area contributed by atoms with Gasteiger partial charge in [-0.1, -0.05) is 234 Å². The van der Waals surface area contributed by atoms with Crippen LogP contribution in [0.25, 0.3) is 0 Å². The Bertz CT molecular complexity index is 3270. The molecule has 4 aromatic rings. The van der Waals surface area contributed by atoms with Gasteiger partial charge in [0.1, 0.15) is 12.1 Å². The van der Waals surface area contributed by atoms with Crippen molar-refractivity contribution < 1.29 is 85.6 Å². The number of hydrogen-bond acceptors (Lipinski definition) is 19. The molecule has 654 valence electrons. The van der Waals surface area contributed by atoms with E-state index in [1.54, 1.807) is 0 Å². The lowest BCUT2D eigenvalue weighted by Gasteiger charge is -2.21. The van der Waals surface area contributed by atoms with E-state index < -0.39 is 53.8 Å². The predicted octanol–water partition coefficient (Wildman–Crippen LogP) is 20.4. The Morgan fingerprint density at radius 2 is 0.517 bits per heavy atom. The van der Waals surface area contributed by atoms with Crippen molar-refractivity contribution in [3.8, 4) is 46.0 Å². The largest absolute Gasteiger partial charge is 0.490 e. The Hall–Kier alpha value is -7.94. The minimum atomic E-state index is -1.34. The van der Waals surface area contributed by atoms with Gasteiger partial charge in [-0.3, -0.25) is 19.2 Å². The number of unbranched alkanes of at least 4 members (excludes halogenated alkanes) is 24. The average molecular weight is 1620 g/mol. The zero-order valence-electron chi connectivity index (χ0n) is 72.8. The zero-order chi connectivity index (χ0) is 83.7. The summed E-state index contributed by atoms with van der Waals surface area (Å²) in [6.07, 6.45) is 33.9. The van der Waals surface area contributed by atoms with Crippen LogP contribution in [-0.2, 0) is 73.4 Å². The molecule has 0 aliphatic rings. The van der Waals surface area contributed by atoms with Crippen molar-refractivity contribution in [1.29, 1.82) is 0 Å².